The van der Waals surface area contributed by atoms with E-state index >= 15 is 0 Å². The van der Waals surface area contributed by atoms with Crippen molar-refractivity contribution < 1.29 is 14.5 Å². The summed E-state index contributed by atoms with van der Waals surface area (Å²) in [4.78, 5) is 32.0. The number of nitrogens with zero attached hydrogens (tertiary/aromatic N) is 3. The van der Waals surface area contributed by atoms with Gasteiger partial charge in [-0.05, 0) is 19.8 Å². The predicted molar refractivity (Wildman–Crippen MR) is 99.3 cm³/mol. The Hall–Kier alpha value is -2.94. The Kier molecular flexibility index (Phi) is 5.70. The number of hydrogen-bond donors (Lipinski definition) is 2. The van der Waals surface area contributed by atoms with Gasteiger partial charge in [-0.15, -0.1) is 0 Å². The van der Waals surface area contributed by atoms with Gasteiger partial charge in [0, 0.05) is 43.6 Å². The van der Waals surface area contributed by atoms with E-state index < -0.39 is 4.92 Å². The molecule has 0 saturated carbocycles. The first-order chi connectivity index (χ1) is 12.9. The third-order valence-electron chi connectivity index (χ3n) is 4.50. The summed E-state index contributed by atoms with van der Waals surface area (Å²) in [7, 11) is 1.69. The molecular weight excluding hydrogens is 350 g/mol. The van der Waals surface area contributed by atoms with E-state index in [2.05, 4.69) is 15.3 Å². The van der Waals surface area contributed by atoms with Crippen LogP contribution in [0.4, 0.5) is 10.5 Å². The van der Waals surface area contributed by atoms with Crippen molar-refractivity contribution in [2.24, 2.45) is 0 Å². The van der Waals surface area contributed by atoms with E-state index in [0.717, 1.165) is 25.1 Å². The number of aryl methyl sites for hydroxylation is 1. The lowest BCUT2D eigenvalue weighted by Crippen LogP contribution is -2.40. The van der Waals surface area contributed by atoms with E-state index in [9.17, 15) is 14.9 Å². The molecule has 0 spiro atoms. The second kappa shape index (κ2) is 8.17. The predicted octanol–water partition coefficient (Wildman–Crippen LogP) is 2.61. The van der Waals surface area contributed by atoms with Crippen LogP contribution in [-0.4, -0.2) is 52.1 Å². The van der Waals surface area contributed by atoms with Crippen molar-refractivity contribution in [1.29, 1.82) is 0 Å². The maximum absolute atomic E-state index is 12.2. The molecule has 0 aliphatic carbocycles. The quantitative estimate of drug-likeness (QED) is 0.597. The maximum Gasteiger partial charge on any atom is 0.317 e. The van der Waals surface area contributed by atoms with Gasteiger partial charge in [-0.25, -0.2) is 9.78 Å². The molecule has 2 amide bonds. The van der Waals surface area contributed by atoms with Crippen LogP contribution in [0.15, 0.2) is 24.3 Å². The fourth-order valence-corrected chi connectivity index (χ4v) is 3.08. The molecule has 1 aromatic carbocycles. The molecule has 1 aliphatic heterocycles. The minimum Gasteiger partial charge on any atom is -0.376 e. The standard InChI is InChI=1S/C18H23N5O4/c1-12-17(13-5-3-6-14(9-13)23(25)26)21-16(20-12)11-22(2)18(24)19-10-15-7-4-8-27-15/h3,5-6,9,15H,4,7-8,10-11H2,1-2H3,(H,19,24)(H,20,21). The first kappa shape index (κ1) is 18.8. The van der Waals surface area contributed by atoms with Crippen LogP contribution < -0.4 is 5.32 Å². The Bertz CT molecular complexity index is 829. The van der Waals surface area contributed by atoms with Crippen molar-refractivity contribution in [1.82, 2.24) is 20.2 Å². The summed E-state index contributed by atoms with van der Waals surface area (Å²) in [6, 6.07) is 6.14. The van der Waals surface area contributed by atoms with Gasteiger partial charge in [0.2, 0.25) is 0 Å². The van der Waals surface area contributed by atoms with E-state index in [1.165, 1.54) is 17.0 Å². The summed E-state index contributed by atoms with van der Waals surface area (Å²) in [5.74, 6) is 0.615. The number of aromatic nitrogens is 2. The van der Waals surface area contributed by atoms with E-state index in [-0.39, 0.29) is 17.8 Å². The van der Waals surface area contributed by atoms with E-state index in [1.807, 2.05) is 6.92 Å². The highest BCUT2D eigenvalue weighted by atomic mass is 16.6. The zero-order chi connectivity index (χ0) is 19.4. The third kappa shape index (κ3) is 4.62. The summed E-state index contributed by atoms with van der Waals surface area (Å²) < 4.78 is 5.50. The highest BCUT2D eigenvalue weighted by Gasteiger charge is 2.19. The molecule has 9 nitrogen and oxygen atoms in total. The normalized spacial score (nSPS) is 16.3. The summed E-state index contributed by atoms with van der Waals surface area (Å²) >= 11 is 0. The Balaban J connectivity index is 1.64. The smallest absolute Gasteiger partial charge is 0.317 e. The van der Waals surface area contributed by atoms with Crippen LogP contribution >= 0.6 is 0 Å². The van der Waals surface area contributed by atoms with Crippen molar-refractivity contribution in [3.8, 4) is 11.3 Å². The van der Waals surface area contributed by atoms with Crippen LogP contribution in [0.25, 0.3) is 11.3 Å². The molecule has 2 N–H and O–H groups in total. The number of nitro benzene ring substituents is 1. The van der Waals surface area contributed by atoms with Crippen molar-refractivity contribution >= 4 is 11.7 Å². The molecule has 1 aromatic heterocycles. The fraction of sp³-hybridized carbons (Fsp3) is 0.444. The number of hydrogen-bond acceptors (Lipinski definition) is 5. The first-order valence-corrected chi connectivity index (χ1v) is 8.85. The summed E-state index contributed by atoms with van der Waals surface area (Å²) in [5.41, 5.74) is 2.11. The third-order valence-corrected chi connectivity index (χ3v) is 4.50. The monoisotopic (exact) mass is 373 g/mol. The Morgan fingerprint density at radius 3 is 3.04 bits per heavy atom. The second-order valence-electron chi connectivity index (χ2n) is 6.64. The Morgan fingerprint density at radius 2 is 2.33 bits per heavy atom. The summed E-state index contributed by atoms with van der Waals surface area (Å²) in [6.45, 7) is 3.40. The molecule has 27 heavy (non-hydrogen) atoms. The summed E-state index contributed by atoms with van der Waals surface area (Å²) in [6.07, 6.45) is 2.09. The highest BCUT2D eigenvalue weighted by molar-refractivity contribution is 5.73. The molecule has 1 aliphatic rings. The number of non-ortho nitro benzene ring substituents is 1. The topological polar surface area (TPSA) is 113 Å². The molecule has 1 atom stereocenters. The number of rotatable bonds is 6. The average molecular weight is 373 g/mol. The number of nitro groups is 1. The first-order valence-electron chi connectivity index (χ1n) is 8.85. The molecular formula is C18H23N5O4. The molecule has 2 heterocycles. The molecule has 3 rings (SSSR count). The number of ether oxygens (including phenoxy) is 1. The van der Waals surface area contributed by atoms with Crippen molar-refractivity contribution in [2.45, 2.75) is 32.4 Å². The van der Waals surface area contributed by atoms with Gasteiger partial charge in [-0.1, -0.05) is 12.1 Å². The number of amides is 2. The zero-order valence-corrected chi connectivity index (χ0v) is 15.4. The van der Waals surface area contributed by atoms with Crippen LogP contribution in [0.1, 0.15) is 24.4 Å². The van der Waals surface area contributed by atoms with Gasteiger partial charge in [0.1, 0.15) is 5.82 Å². The number of imidazole rings is 1. The minimum atomic E-state index is -0.432. The number of nitrogens with one attached hydrogen (secondary N) is 2. The van der Waals surface area contributed by atoms with Gasteiger partial charge in [-0.2, -0.15) is 0 Å². The number of urea groups is 1. The van der Waals surface area contributed by atoms with Gasteiger partial charge in [0.15, 0.2) is 0 Å². The number of carbonyl (C=O) groups is 1. The number of carbonyl (C=O) groups excluding carboxylic acids is 1. The summed E-state index contributed by atoms with van der Waals surface area (Å²) in [5, 5.41) is 13.8. The molecule has 9 heteroatoms. The van der Waals surface area contributed by atoms with Gasteiger partial charge in [0.25, 0.3) is 5.69 Å². The molecule has 2 aromatic rings. The molecule has 144 valence electrons. The van der Waals surface area contributed by atoms with Crippen molar-refractivity contribution in [3.05, 3.63) is 45.9 Å². The highest BCUT2D eigenvalue weighted by Crippen LogP contribution is 2.25. The van der Waals surface area contributed by atoms with Crippen molar-refractivity contribution in [3.63, 3.8) is 0 Å². The molecule has 0 bridgehead atoms. The SMILES string of the molecule is Cc1[nH]c(CN(C)C(=O)NCC2CCCO2)nc1-c1cccc([N+](=O)[O-])c1. The number of aromatic amines is 1. The van der Waals surface area contributed by atoms with E-state index in [1.54, 1.807) is 19.2 Å². The van der Waals surface area contributed by atoms with Crippen LogP contribution in [0.5, 0.6) is 0 Å². The fourth-order valence-electron chi connectivity index (χ4n) is 3.08. The largest absolute Gasteiger partial charge is 0.376 e. The molecule has 1 fully saturated rings. The van der Waals surface area contributed by atoms with Crippen LogP contribution in [-0.2, 0) is 11.3 Å². The lowest BCUT2D eigenvalue weighted by Gasteiger charge is -2.18. The average Bonchev–Trinajstić information content (AvgIpc) is 3.29. The van der Waals surface area contributed by atoms with E-state index in [4.69, 9.17) is 4.74 Å². The molecule has 0 radical (unpaired) electrons. The van der Waals surface area contributed by atoms with Crippen molar-refractivity contribution in [2.75, 3.05) is 20.2 Å². The van der Waals surface area contributed by atoms with Gasteiger partial charge < -0.3 is 19.9 Å². The number of H-pyrrole nitrogens is 1. The van der Waals surface area contributed by atoms with E-state index in [0.29, 0.717) is 30.2 Å². The lowest BCUT2D eigenvalue weighted by atomic mass is 10.1. The minimum absolute atomic E-state index is 0.0158. The lowest BCUT2D eigenvalue weighted by molar-refractivity contribution is -0.384. The molecule has 1 unspecified atom stereocenters. The van der Waals surface area contributed by atoms with Gasteiger partial charge >= 0.3 is 6.03 Å². The van der Waals surface area contributed by atoms with Gasteiger partial charge in [0.05, 0.1) is 23.3 Å². The Labute approximate surface area is 156 Å². The van der Waals surface area contributed by atoms with Crippen LogP contribution in [0.3, 0.4) is 0 Å². The zero-order valence-electron chi connectivity index (χ0n) is 15.4. The maximum atomic E-state index is 12.2. The van der Waals surface area contributed by atoms with Crippen LogP contribution in [0, 0.1) is 17.0 Å². The van der Waals surface area contributed by atoms with Crippen LogP contribution in [0.2, 0.25) is 0 Å². The second-order valence-corrected chi connectivity index (χ2v) is 6.64. The molecule has 1 saturated heterocycles. The van der Waals surface area contributed by atoms with Gasteiger partial charge in [-0.3, -0.25) is 10.1 Å². The number of benzene rings is 1. The Morgan fingerprint density at radius 1 is 1.52 bits per heavy atom.